The van der Waals surface area contributed by atoms with Crippen LogP contribution >= 0.6 is 0 Å². The first-order chi connectivity index (χ1) is 8.86. The summed E-state index contributed by atoms with van der Waals surface area (Å²) in [6.07, 6.45) is -1.98. The van der Waals surface area contributed by atoms with Crippen LogP contribution in [0.3, 0.4) is 0 Å². The van der Waals surface area contributed by atoms with Gasteiger partial charge >= 0.3 is 6.18 Å². The van der Waals surface area contributed by atoms with Gasteiger partial charge < -0.3 is 5.32 Å². The van der Waals surface area contributed by atoms with Crippen LogP contribution in [0.1, 0.15) is 37.8 Å². The van der Waals surface area contributed by atoms with Gasteiger partial charge in [-0.3, -0.25) is 0 Å². The summed E-state index contributed by atoms with van der Waals surface area (Å²) >= 11 is 0. The van der Waals surface area contributed by atoms with Gasteiger partial charge in [0.05, 0.1) is 5.56 Å². The van der Waals surface area contributed by atoms with Gasteiger partial charge in [0.1, 0.15) is 0 Å². The fourth-order valence-electron chi connectivity index (χ4n) is 2.49. The van der Waals surface area contributed by atoms with Crippen LogP contribution in [-0.4, -0.2) is 6.04 Å². The van der Waals surface area contributed by atoms with Crippen LogP contribution in [0.4, 0.5) is 13.2 Å². The molecular weight excluding hydrogens is 251 g/mol. The van der Waals surface area contributed by atoms with Gasteiger partial charge in [0.25, 0.3) is 0 Å². The summed E-state index contributed by atoms with van der Waals surface area (Å²) in [5, 5.41) is 3.33. The minimum Gasteiger partial charge on any atom is -0.310 e. The highest BCUT2D eigenvalue weighted by atomic mass is 19.4. The molecule has 2 rings (SSSR count). The van der Waals surface area contributed by atoms with Crippen molar-refractivity contribution in [3.05, 3.63) is 35.4 Å². The number of nitrogens with one attached hydrogen (secondary N) is 1. The van der Waals surface area contributed by atoms with Crippen molar-refractivity contribution < 1.29 is 13.2 Å². The molecule has 1 fully saturated rings. The van der Waals surface area contributed by atoms with Crippen molar-refractivity contribution >= 4 is 0 Å². The number of alkyl halides is 3. The normalized spacial score (nSPS) is 23.5. The van der Waals surface area contributed by atoms with Crippen molar-refractivity contribution in [2.45, 2.75) is 45.5 Å². The molecule has 0 atom stereocenters. The van der Waals surface area contributed by atoms with E-state index in [0.717, 1.165) is 24.8 Å². The second-order valence-corrected chi connectivity index (χ2v) is 5.75. The number of rotatable bonds is 4. The van der Waals surface area contributed by atoms with Gasteiger partial charge in [0, 0.05) is 12.6 Å². The van der Waals surface area contributed by atoms with E-state index in [1.807, 2.05) is 0 Å². The Morgan fingerprint density at radius 2 is 1.95 bits per heavy atom. The van der Waals surface area contributed by atoms with Crippen molar-refractivity contribution in [2.75, 3.05) is 0 Å². The molecule has 1 N–H and O–H groups in total. The maximum Gasteiger partial charge on any atom is 0.416 e. The minimum atomic E-state index is -4.25. The van der Waals surface area contributed by atoms with Crippen molar-refractivity contribution in [2.24, 2.45) is 11.8 Å². The van der Waals surface area contributed by atoms with Crippen LogP contribution in [0.25, 0.3) is 0 Å². The van der Waals surface area contributed by atoms with Gasteiger partial charge in [-0.15, -0.1) is 0 Å². The van der Waals surface area contributed by atoms with Crippen molar-refractivity contribution in [3.8, 4) is 0 Å². The third-order valence-corrected chi connectivity index (χ3v) is 3.97. The Balaban J connectivity index is 1.84. The predicted molar refractivity (Wildman–Crippen MR) is 69.6 cm³/mol. The SMILES string of the molecule is CC(C)C1CC(NCc2cccc(C(F)(F)F)c2)C1. The number of hydrogen-bond donors (Lipinski definition) is 1. The Morgan fingerprint density at radius 1 is 1.26 bits per heavy atom. The largest absolute Gasteiger partial charge is 0.416 e. The molecule has 106 valence electrons. The molecule has 0 unspecified atom stereocenters. The number of hydrogen-bond acceptors (Lipinski definition) is 1. The van der Waals surface area contributed by atoms with Crippen LogP contribution in [0, 0.1) is 11.8 Å². The molecule has 0 radical (unpaired) electrons. The summed E-state index contributed by atoms with van der Waals surface area (Å²) < 4.78 is 37.7. The van der Waals surface area contributed by atoms with Crippen LogP contribution in [0.15, 0.2) is 24.3 Å². The average Bonchev–Trinajstić information content (AvgIpc) is 2.25. The highest BCUT2D eigenvalue weighted by Gasteiger charge is 2.32. The lowest BCUT2D eigenvalue weighted by Gasteiger charge is -2.38. The highest BCUT2D eigenvalue weighted by Crippen LogP contribution is 2.34. The molecule has 1 saturated carbocycles. The van der Waals surface area contributed by atoms with E-state index in [4.69, 9.17) is 0 Å². The Kier molecular flexibility index (Phi) is 4.19. The number of halogens is 3. The molecule has 1 aliphatic rings. The molecule has 1 nitrogen and oxygen atoms in total. The van der Waals surface area contributed by atoms with E-state index in [1.54, 1.807) is 6.07 Å². The summed E-state index contributed by atoms with van der Waals surface area (Å²) in [4.78, 5) is 0. The second kappa shape index (κ2) is 5.53. The molecule has 1 aromatic rings. The van der Waals surface area contributed by atoms with Crippen LogP contribution in [0.2, 0.25) is 0 Å². The molecule has 0 aliphatic heterocycles. The fourth-order valence-corrected chi connectivity index (χ4v) is 2.49. The molecule has 1 aromatic carbocycles. The molecule has 19 heavy (non-hydrogen) atoms. The Hall–Kier alpha value is -1.03. The first kappa shape index (κ1) is 14.4. The van der Waals surface area contributed by atoms with Gasteiger partial charge in [0.2, 0.25) is 0 Å². The van der Waals surface area contributed by atoms with E-state index < -0.39 is 11.7 Å². The van der Waals surface area contributed by atoms with Crippen LogP contribution in [0.5, 0.6) is 0 Å². The molecule has 0 heterocycles. The molecule has 0 saturated heterocycles. The van der Waals surface area contributed by atoms with E-state index in [2.05, 4.69) is 19.2 Å². The zero-order valence-corrected chi connectivity index (χ0v) is 11.3. The van der Waals surface area contributed by atoms with E-state index in [1.165, 1.54) is 12.1 Å². The quantitative estimate of drug-likeness (QED) is 0.864. The third-order valence-electron chi connectivity index (χ3n) is 3.97. The lowest BCUT2D eigenvalue weighted by Crippen LogP contribution is -2.42. The van der Waals surface area contributed by atoms with Crippen molar-refractivity contribution in [3.63, 3.8) is 0 Å². The average molecular weight is 271 g/mol. The summed E-state index contributed by atoms with van der Waals surface area (Å²) in [7, 11) is 0. The lowest BCUT2D eigenvalue weighted by atomic mass is 9.73. The van der Waals surface area contributed by atoms with Gasteiger partial charge in [-0.25, -0.2) is 0 Å². The minimum absolute atomic E-state index is 0.460. The van der Waals surface area contributed by atoms with Crippen LogP contribution < -0.4 is 5.32 Å². The highest BCUT2D eigenvalue weighted by molar-refractivity contribution is 5.25. The molecule has 4 heteroatoms. The van der Waals surface area contributed by atoms with Gasteiger partial charge in [-0.05, 0) is 36.3 Å². The fraction of sp³-hybridized carbons (Fsp3) is 0.600. The van der Waals surface area contributed by atoms with Crippen molar-refractivity contribution in [1.29, 1.82) is 0 Å². The third kappa shape index (κ3) is 3.72. The first-order valence-electron chi connectivity index (χ1n) is 6.76. The maximum absolute atomic E-state index is 12.6. The monoisotopic (exact) mass is 271 g/mol. The number of benzene rings is 1. The van der Waals surface area contributed by atoms with Gasteiger partial charge in [0.15, 0.2) is 0 Å². The van der Waals surface area contributed by atoms with E-state index in [0.29, 0.717) is 24.1 Å². The smallest absolute Gasteiger partial charge is 0.310 e. The topological polar surface area (TPSA) is 12.0 Å². The molecule has 0 spiro atoms. The molecule has 0 aromatic heterocycles. The molecule has 0 bridgehead atoms. The van der Waals surface area contributed by atoms with E-state index in [-0.39, 0.29) is 0 Å². The zero-order valence-electron chi connectivity index (χ0n) is 11.3. The Labute approximate surface area is 112 Å². The first-order valence-corrected chi connectivity index (χ1v) is 6.76. The summed E-state index contributed by atoms with van der Waals surface area (Å²) in [5.41, 5.74) is 0.128. The second-order valence-electron chi connectivity index (χ2n) is 5.75. The summed E-state index contributed by atoms with van der Waals surface area (Å²) in [5.74, 6) is 1.46. The molecule has 1 aliphatic carbocycles. The van der Waals surface area contributed by atoms with Crippen LogP contribution in [-0.2, 0) is 12.7 Å². The van der Waals surface area contributed by atoms with Gasteiger partial charge in [-0.1, -0.05) is 32.0 Å². The molecule has 0 amide bonds. The molecular formula is C15H20F3N. The maximum atomic E-state index is 12.6. The Bertz CT molecular complexity index is 420. The lowest BCUT2D eigenvalue weighted by molar-refractivity contribution is -0.137. The standard InChI is InChI=1S/C15H20F3N/c1-10(2)12-7-14(8-12)19-9-11-4-3-5-13(6-11)15(16,17)18/h3-6,10,12,14,19H,7-9H2,1-2H3. The van der Waals surface area contributed by atoms with E-state index >= 15 is 0 Å². The summed E-state index contributed by atoms with van der Waals surface area (Å²) in [6, 6.07) is 6.01. The van der Waals surface area contributed by atoms with Gasteiger partial charge in [-0.2, -0.15) is 13.2 Å². The zero-order chi connectivity index (χ0) is 14.0. The summed E-state index contributed by atoms with van der Waals surface area (Å²) in [6.45, 7) is 4.95. The van der Waals surface area contributed by atoms with Crippen molar-refractivity contribution in [1.82, 2.24) is 5.32 Å². The van der Waals surface area contributed by atoms with E-state index in [9.17, 15) is 13.2 Å². The predicted octanol–water partition coefficient (Wildman–Crippen LogP) is 4.23. The Morgan fingerprint density at radius 3 is 2.53 bits per heavy atom.